The van der Waals surface area contributed by atoms with Crippen molar-refractivity contribution >= 4 is 29.9 Å². The van der Waals surface area contributed by atoms with E-state index in [2.05, 4.69) is 75.1 Å². The topological polar surface area (TPSA) is 67.1 Å². The van der Waals surface area contributed by atoms with Gasteiger partial charge in [-0.25, -0.2) is 4.68 Å². The normalized spacial score (nSPS) is 11.1. The first-order chi connectivity index (χ1) is 15.6. The van der Waals surface area contributed by atoms with Crippen LogP contribution >= 0.6 is 24.0 Å². The molecule has 0 saturated heterocycles. The smallest absolute Gasteiger partial charge is 0.191 e. The van der Waals surface area contributed by atoms with E-state index in [0.29, 0.717) is 13.1 Å². The van der Waals surface area contributed by atoms with Crippen LogP contribution in [0.2, 0.25) is 0 Å². The van der Waals surface area contributed by atoms with E-state index in [1.54, 1.807) is 7.05 Å². The fourth-order valence-corrected chi connectivity index (χ4v) is 3.70. The molecule has 0 atom stereocenters. The summed E-state index contributed by atoms with van der Waals surface area (Å²) in [6.07, 6.45) is 1.82. The van der Waals surface area contributed by atoms with Gasteiger partial charge in [-0.1, -0.05) is 42.5 Å². The molecule has 4 rings (SSSR count). The fourth-order valence-electron chi connectivity index (χ4n) is 3.70. The molecule has 0 aliphatic carbocycles. The first-order valence-corrected chi connectivity index (χ1v) is 10.7. The molecular formula is C26H29IN6. The monoisotopic (exact) mass is 552 g/mol. The molecular weight excluding hydrogens is 523 g/mol. The standard InChI is InChI=1S/C26H28N6.HI/c1-19-15-20(2)32(31-19)25-13-5-4-10-23(25)18-30-26(27-3)29-17-21-9-8-11-22(16-21)24-12-6-7-14-28-24;/h4-16H,17-18H2,1-3H3,(H2,27,29,30);1H. The average molecular weight is 552 g/mol. The van der Waals surface area contributed by atoms with Gasteiger partial charge in [-0.15, -0.1) is 24.0 Å². The van der Waals surface area contributed by atoms with E-state index in [-0.39, 0.29) is 24.0 Å². The van der Waals surface area contributed by atoms with Gasteiger partial charge in [0.1, 0.15) is 0 Å². The Morgan fingerprint density at radius 3 is 2.42 bits per heavy atom. The first kappa shape index (κ1) is 24.4. The largest absolute Gasteiger partial charge is 0.352 e. The minimum Gasteiger partial charge on any atom is -0.352 e. The van der Waals surface area contributed by atoms with E-state index < -0.39 is 0 Å². The molecule has 4 aromatic rings. The third-order valence-electron chi connectivity index (χ3n) is 5.25. The van der Waals surface area contributed by atoms with Crippen LogP contribution in [-0.4, -0.2) is 27.8 Å². The Labute approximate surface area is 212 Å². The number of hydrogen-bond acceptors (Lipinski definition) is 3. The lowest BCUT2D eigenvalue weighted by Crippen LogP contribution is -2.36. The molecule has 0 saturated carbocycles. The summed E-state index contributed by atoms with van der Waals surface area (Å²) in [5.74, 6) is 0.747. The molecule has 2 heterocycles. The molecule has 7 heteroatoms. The van der Waals surface area contributed by atoms with Crippen LogP contribution in [0.15, 0.2) is 84.0 Å². The highest BCUT2D eigenvalue weighted by molar-refractivity contribution is 14.0. The van der Waals surface area contributed by atoms with Crippen molar-refractivity contribution in [3.63, 3.8) is 0 Å². The van der Waals surface area contributed by atoms with Crippen LogP contribution < -0.4 is 10.6 Å². The van der Waals surface area contributed by atoms with Crippen molar-refractivity contribution in [1.29, 1.82) is 0 Å². The van der Waals surface area contributed by atoms with Crippen LogP contribution in [0.5, 0.6) is 0 Å². The predicted molar refractivity (Wildman–Crippen MR) is 145 cm³/mol. The Bertz CT molecular complexity index is 1220. The van der Waals surface area contributed by atoms with Crippen LogP contribution in [0.4, 0.5) is 0 Å². The van der Waals surface area contributed by atoms with E-state index in [9.17, 15) is 0 Å². The number of benzene rings is 2. The number of rotatable bonds is 6. The molecule has 0 unspecified atom stereocenters. The van der Waals surface area contributed by atoms with Gasteiger partial charge in [0.05, 0.1) is 17.1 Å². The molecule has 0 fully saturated rings. The third-order valence-corrected chi connectivity index (χ3v) is 5.25. The van der Waals surface area contributed by atoms with Crippen LogP contribution in [0.3, 0.4) is 0 Å². The van der Waals surface area contributed by atoms with Gasteiger partial charge in [0.25, 0.3) is 0 Å². The summed E-state index contributed by atoms with van der Waals surface area (Å²) in [4.78, 5) is 8.82. The summed E-state index contributed by atoms with van der Waals surface area (Å²) < 4.78 is 1.99. The Morgan fingerprint density at radius 2 is 1.70 bits per heavy atom. The van der Waals surface area contributed by atoms with Crippen LogP contribution in [0, 0.1) is 13.8 Å². The molecule has 0 aliphatic heterocycles. The van der Waals surface area contributed by atoms with Crippen molar-refractivity contribution in [3.05, 3.63) is 102 Å². The van der Waals surface area contributed by atoms with E-state index in [1.807, 2.05) is 48.1 Å². The number of guanidine groups is 1. The molecule has 0 bridgehead atoms. The second kappa shape index (κ2) is 11.6. The van der Waals surface area contributed by atoms with Gasteiger partial charge in [0.15, 0.2) is 5.96 Å². The maximum atomic E-state index is 4.64. The highest BCUT2D eigenvalue weighted by Crippen LogP contribution is 2.18. The molecule has 0 spiro atoms. The minimum atomic E-state index is 0. The molecule has 0 aliphatic rings. The van der Waals surface area contributed by atoms with Crippen molar-refractivity contribution in [2.45, 2.75) is 26.9 Å². The lowest BCUT2D eigenvalue weighted by Gasteiger charge is -2.15. The number of aliphatic imine (C=N–C) groups is 1. The van der Waals surface area contributed by atoms with Crippen LogP contribution in [-0.2, 0) is 13.1 Å². The van der Waals surface area contributed by atoms with Gasteiger partial charge in [0.2, 0.25) is 0 Å². The summed E-state index contributed by atoms with van der Waals surface area (Å²) in [7, 11) is 1.78. The van der Waals surface area contributed by atoms with E-state index in [0.717, 1.165) is 39.9 Å². The van der Waals surface area contributed by atoms with Crippen molar-refractivity contribution in [1.82, 2.24) is 25.4 Å². The molecule has 0 amide bonds. The number of hydrogen-bond donors (Lipinski definition) is 2. The number of aromatic nitrogens is 3. The van der Waals surface area contributed by atoms with Gasteiger partial charge < -0.3 is 10.6 Å². The zero-order chi connectivity index (χ0) is 22.3. The average Bonchev–Trinajstić information content (AvgIpc) is 3.17. The number of para-hydroxylation sites is 1. The van der Waals surface area contributed by atoms with Gasteiger partial charge >= 0.3 is 0 Å². The Morgan fingerprint density at radius 1 is 0.909 bits per heavy atom. The number of halogens is 1. The van der Waals surface area contributed by atoms with Crippen molar-refractivity contribution in [3.8, 4) is 16.9 Å². The first-order valence-electron chi connectivity index (χ1n) is 10.7. The summed E-state index contributed by atoms with van der Waals surface area (Å²) in [6, 6.07) is 24.7. The molecule has 6 nitrogen and oxygen atoms in total. The maximum Gasteiger partial charge on any atom is 0.191 e. The molecule has 2 N–H and O–H groups in total. The highest BCUT2D eigenvalue weighted by Gasteiger charge is 2.09. The molecule has 2 aromatic heterocycles. The van der Waals surface area contributed by atoms with Gasteiger partial charge in [-0.05, 0) is 55.3 Å². The van der Waals surface area contributed by atoms with E-state index >= 15 is 0 Å². The summed E-state index contributed by atoms with van der Waals surface area (Å²) in [6.45, 7) is 5.39. The van der Waals surface area contributed by atoms with Crippen LogP contribution in [0.25, 0.3) is 16.9 Å². The Hall–Kier alpha value is -3.20. The molecule has 33 heavy (non-hydrogen) atoms. The van der Waals surface area contributed by atoms with Gasteiger partial charge in [-0.3, -0.25) is 9.98 Å². The second-order valence-electron chi connectivity index (χ2n) is 7.66. The van der Waals surface area contributed by atoms with E-state index in [4.69, 9.17) is 0 Å². The lowest BCUT2D eigenvalue weighted by molar-refractivity contribution is 0.781. The van der Waals surface area contributed by atoms with Gasteiger partial charge in [0, 0.05) is 37.6 Å². The number of nitrogens with zero attached hydrogens (tertiary/aromatic N) is 4. The van der Waals surface area contributed by atoms with Crippen LogP contribution in [0.1, 0.15) is 22.5 Å². The quantitative estimate of drug-likeness (QED) is 0.200. The highest BCUT2D eigenvalue weighted by atomic mass is 127. The summed E-state index contributed by atoms with van der Waals surface area (Å²) in [5.41, 5.74) is 7.59. The van der Waals surface area contributed by atoms with Crippen molar-refractivity contribution < 1.29 is 0 Å². The second-order valence-corrected chi connectivity index (χ2v) is 7.66. The molecule has 170 valence electrons. The number of pyridine rings is 1. The minimum absolute atomic E-state index is 0. The number of aryl methyl sites for hydroxylation is 2. The SMILES string of the molecule is CN=C(NCc1cccc(-c2ccccn2)c1)NCc1ccccc1-n1nc(C)cc1C.I. The maximum absolute atomic E-state index is 4.64. The predicted octanol–water partition coefficient (Wildman–Crippen LogP) is 5.03. The lowest BCUT2D eigenvalue weighted by atomic mass is 10.1. The fraction of sp³-hybridized carbons (Fsp3) is 0.192. The van der Waals surface area contributed by atoms with Crippen molar-refractivity contribution in [2.24, 2.45) is 4.99 Å². The van der Waals surface area contributed by atoms with Crippen molar-refractivity contribution in [2.75, 3.05) is 7.05 Å². The third kappa shape index (κ3) is 6.19. The zero-order valence-corrected chi connectivity index (χ0v) is 21.4. The Kier molecular flexibility index (Phi) is 8.59. The zero-order valence-electron chi connectivity index (χ0n) is 19.1. The van der Waals surface area contributed by atoms with Gasteiger partial charge in [-0.2, -0.15) is 5.10 Å². The van der Waals surface area contributed by atoms with E-state index in [1.165, 1.54) is 5.56 Å². The summed E-state index contributed by atoms with van der Waals surface area (Å²) in [5, 5.41) is 11.5. The molecule has 2 aromatic carbocycles. The molecule has 0 radical (unpaired) electrons. The number of nitrogens with one attached hydrogen (secondary N) is 2. The summed E-state index contributed by atoms with van der Waals surface area (Å²) >= 11 is 0. The Balaban J connectivity index is 0.00000306.